The fourth-order valence-corrected chi connectivity index (χ4v) is 4.83. The summed E-state index contributed by atoms with van der Waals surface area (Å²) >= 11 is 0. The van der Waals surface area contributed by atoms with Gasteiger partial charge in [0.1, 0.15) is 0 Å². The average Bonchev–Trinajstić information content (AvgIpc) is 3.06. The van der Waals surface area contributed by atoms with Gasteiger partial charge in [0, 0.05) is 51.4 Å². The van der Waals surface area contributed by atoms with Gasteiger partial charge in [-0.1, -0.05) is 66.1 Å². The van der Waals surface area contributed by atoms with E-state index in [1.165, 1.54) is 12.6 Å². The van der Waals surface area contributed by atoms with Gasteiger partial charge in [0.25, 0.3) is 0 Å². The molecule has 0 unspecified atom stereocenters. The second-order valence-corrected chi connectivity index (χ2v) is 12.2. The van der Waals surface area contributed by atoms with E-state index in [0.717, 1.165) is 29.5 Å². The molecule has 4 atom stereocenters. The van der Waals surface area contributed by atoms with Crippen molar-refractivity contribution >= 4 is 24.1 Å². The molecule has 14 heteroatoms. The lowest BCUT2D eigenvalue weighted by Crippen LogP contribution is -2.53. The predicted molar refractivity (Wildman–Crippen MR) is 190 cm³/mol. The summed E-state index contributed by atoms with van der Waals surface area (Å²) in [6.45, 7) is 7.24. The zero-order valence-corrected chi connectivity index (χ0v) is 28.8. The van der Waals surface area contributed by atoms with Crippen LogP contribution in [-0.4, -0.2) is 88.1 Å². The topological polar surface area (TPSA) is 217 Å². The zero-order chi connectivity index (χ0) is 35.3. The van der Waals surface area contributed by atoms with Crippen LogP contribution >= 0.6 is 0 Å². The molecule has 0 saturated heterocycles. The van der Waals surface area contributed by atoms with Gasteiger partial charge in [-0.05, 0) is 64.1 Å². The summed E-state index contributed by atoms with van der Waals surface area (Å²) in [4.78, 5) is 49.7. The van der Waals surface area contributed by atoms with Crippen molar-refractivity contribution in [3.63, 3.8) is 0 Å². The maximum absolute atomic E-state index is 12.7. The number of rotatable bonds is 19. The van der Waals surface area contributed by atoms with Gasteiger partial charge in [-0.3, -0.25) is 0 Å². The highest BCUT2D eigenvalue weighted by molar-refractivity contribution is 5.77. The minimum absolute atomic E-state index is 0.169. The van der Waals surface area contributed by atoms with Gasteiger partial charge in [0.05, 0.1) is 6.04 Å². The van der Waals surface area contributed by atoms with Gasteiger partial charge in [0.15, 0.2) is 0 Å². The molecule has 8 amide bonds. The molecule has 266 valence electrons. The predicted octanol–water partition coefficient (Wildman–Crippen LogP) is 1.50. The van der Waals surface area contributed by atoms with Gasteiger partial charge in [0.2, 0.25) is 0 Å². The third-order valence-electron chi connectivity index (χ3n) is 7.61. The third-order valence-corrected chi connectivity index (χ3v) is 7.61. The van der Waals surface area contributed by atoms with Crippen LogP contribution in [0.15, 0.2) is 48.5 Å². The first kappa shape index (κ1) is 39.6. The molecule has 0 radical (unpaired) electrons. The molecular formula is C34H56N10O4. The number of benzene rings is 2. The van der Waals surface area contributed by atoms with Crippen molar-refractivity contribution in [2.24, 2.45) is 11.5 Å². The SMILES string of the molecule is CNC(=O)NC[C@H](Cc1ccc(C)cc1)NC(=O)NC[C@H](C)NC(=O)NC[C@H](CCCCN)NC(=O)NC[C@@H](N)Cc1ccc(C)cc1. The standard InChI is InChI=1S/C34H56N10O4/c1-23-8-12-26(13-9-23)17-28(36)20-39-34(48)43-29(7-5-6-16-35)21-41-32(46)42-25(3)19-38-33(47)44-30(22-40-31(45)37-4)18-27-14-10-24(2)11-15-27/h8-15,25,28-30H,5-7,16-22,35-36H2,1-4H3,(H2,37,40,45)(H2,38,44,47)(H2,39,43,48)(H2,41,42,46)/t25-,28-,29-,30-/m0/s1. The Morgan fingerprint density at radius 2 is 1.10 bits per heavy atom. The van der Waals surface area contributed by atoms with Gasteiger partial charge < -0.3 is 54.0 Å². The summed E-state index contributed by atoms with van der Waals surface area (Å²) in [6.07, 6.45) is 3.38. The summed E-state index contributed by atoms with van der Waals surface area (Å²) in [5, 5.41) is 22.3. The number of amides is 8. The number of urea groups is 4. The van der Waals surface area contributed by atoms with Crippen molar-refractivity contribution in [3.8, 4) is 0 Å². The van der Waals surface area contributed by atoms with E-state index in [1.54, 1.807) is 6.92 Å². The van der Waals surface area contributed by atoms with Crippen LogP contribution in [0.5, 0.6) is 0 Å². The molecule has 48 heavy (non-hydrogen) atoms. The maximum atomic E-state index is 12.7. The van der Waals surface area contributed by atoms with Crippen LogP contribution in [0.4, 0.5) is 19.2 Å². The number of carbonyl (C=O) groups excluding carboxylic acids is 4. The first-order chi connectivity index (χ1) is 23.0. The molecule has 0 aliphatic heterocycles. The highest BCUT2D eigenvalue weighted by atomic mass is 16.2. The van der Waals surface area contributed by atoms with Crippen LogP contribution in [0.25, 0.3) is 0 Å². The molecule has 2 aromatic rings. The Morgan fingerprint density at radius 1 is 0.625 bits per heavy atom. The lowest BCUT2D eigenvalue weighted by molar-refractivity contribution is 0.226. The third kappa shape index (κ3) is 17.4. The van der Waals surface area contributed by atoms with Crippen LogP contribution in [0, 0.1) is 13.8 Å². The van der Waals surface area contributed by atoms with Gasteiger partial charge in [-0.25, -0.2) is 19.2 Å². The Labute approximate surface area is 284 Å². The minimum atomic E-state index is -0.428. The minimum Gasteiger partial charge on any atom is -0.341 e. The van der Waals surface area contributed by atoms with Gasteiger partial charge in [-0.2, -0.15) is 0 Å². The lowest BCUT2D eigenvalue weighted by Gasteiger charge is -2.22. The van der Waals surface area contributed by atoms with Gasteiger partial charge >= 0.3 is 24.1 Å². The normalized spacial score (nSPS) is 13.2. The summed E-state index contributed by atoms with van der Waals surface area (Å²) in [6, 6.07) is 13.2. The molecule has 12 N–H and O–H groups in total. The smallest absolute Gasteiger partial charge is 0.315 e. The number of unbranched alkanes of at least 4 members (excludes halogenated alkanes) is 1. The van der Waals surface area contributed by atoms with Crippen molar-refractivity contribution < 1.29 is 19.2 Å². The first-order valence-corrected chi connectivity index (χ1v) is 16.6. The van der Waals surface area contributed by atoms with E-state index in [2.05, 4.69) is 42.5 Å². The number of carbonyl (C=O) groups is 4. The second-order valence-electron chi connectivity index (χ2n) is 12.2. The number of hydrogen-bond acceptors (Lipinski definition) is 6. The van der Waals surface area contributed by atoms with E-state index in [1.807, 2.05) is 62.4 Å². The molecule has 0 aliphatic carbocycles. The average molecular weight is 669 g/mol. The Morgan fingerprint density at radius 3 is 1.69 bits per heavy atom. The summed E-state index contributed by atoms with van der Waals surface area (Å²) in [5.41, 5.74) is 16.3. The lowest BCUT2D eigenvalue weighted by atomic mass is 10.0. The maximum Gasteiger partial charge on any atom is 0.315 e. The van der Waals surface area contributed by atoms with Crippen molar-refractivity contribution in [2.75, 3.05) is 39.8 Å². The molecule has 14 nitrogen and oxygen atoms in total. The number of nitrogens with two attached hydrogens (primary N) is 2. The van der Waals surface area contributed by atoms with Crippen LogP contribution < -0.4 is 54.0 Å². The van der Waals surface area contributed by atoms with E-state index >= 15 is 0 Å². The Bertz CT molecular complexity index is 1260. The molecule has 0 heterocycles. The first-order valence-electron chi connectivity index (χ1n) is 16.6. The molecule has 0 saturated carbocycles. The fraction of sp³-hybridized carbons (Fsp3) is 0.529. The van der Waals surface area contributed by atoms with E-state index in [-0.39, 0.29) is 49.8 Å². The van der Waals surface area contributed by atoms with E-state index in [9.17, 15) is 19.2 Å². The molecular weight excluding hydrogens is 612 g/mol. The molecule has 0 aromatic heterocycles. The van der Waals surface area contributed by atoms with E-state index < -0.39 is 18.1 Å². The zero-order valence-electron chi connectivity index (χ0n) is 28.8. The Balaban J connectivity index is 1.77. The van der Waals surface area contributed by atoms with Crippen LogP contribution in [-0.2, 0) is 12.8 Å². The van der Waals surface area contributed by atoms with Crippen LogP contribution in [0.1, 0.15) is 48.4 Å². The molecule has 0 aliphatic rings. The molecule has 0 fully saturated rings. The largest absolute Gasteiger partial charge is 0.341 e. The van der Waals surface area contributed by atoms with E-state index in [0.29, 0.717) is 32.4 Å². The Hall–Kier alpha value is -4.56. The van der Waals surface area contributed by atoms with Crippen LogP contribution in [0.2, 0.25) is 0 Å². The Kier molecular flexibility index (Phi) is 18.2. The van der Waals surface area contributed by atoms with E-state index in [4.69, 9.17) is 11.5 Å². The van der Waals surface area contributed by atoms with Crippen molar-refractivity contribution in [1.82, 2.24) is 42.5 Å². The summed E-state index contributed by atoms with van der Waals surface area (Å²) in [5.74, 6) is 0. The molecule has 0 spiro atoms. The summed E-state index contributed by atoms with van der Waals surface area (Å²) < 4.78 is 0. The number of nitrogens with one attached hydrogen (secondary N) is 8. The van der Waals surface area contributed by atoms with Crippen molar-refractivity contribution in [1.29, 1.82) is 0 Å². The summed E-state index contributed by atoms with van der Waals surface area (Å²) in [7, 11) is 1.52. The highest BCUT2D eigenvalue weighted by Crippen LogP contribution is 2.07. The molecule has 2 aromatic carbocycles. The molecule has 0 bridgehead atoms. The van der Waals surface area contributed by atoms with Crippen molar-refractivity contribution in [3.05, 3.63) is 70.8 Å². The van der Waals surface area contributed by atoms with Crippen molar-refractivity contribution in [2.45, 2.75) is 77.0 Å². The second kappa shape index (κ2) is 22.1. The highest BCUT2D eigenvalue weighted by Gasteiger charge is 2.17. The van der Waals surface area contributed by atoms with Crippen LogP contribution in [0.3, 0.4) is 0 Å². The number of hydrogen-bond donors (Lipinski definition) is 10. The number of aryl methyl sites for hydroxylation is 2. The quantitative estimate of drug-likeness (QED) is 0.100. The monoisotopic (exact) mass is 668 g/mol. The fourth-order valence-electron chi connectivity index (χ4n) is 4.83. The van der Waals surface area contributed by atoms with Gasteiger partial charge in [-0.15, -0.1) is 0 Å². The molecule has 2 rings (SSSR count).